The molecule has 0 fully saturated rings. The van der Waals surface area contributed by atoms with Gasteiger partial charge >= 0.3 is 5.69 Å². The Bertz CT molecular complexity index is 621. The second-order valence-corrected chi connectivity index (χ2v) is 4.92. The van der Waals surface area contributed by atoms with Crippen molar-refractivity contribution in [3.63, 3.8) is 0 Å². The molecule has 0 radical (unpaired) electrons. The second kappa shape index (κ2) is 6.29. The average molecular weight is 291 g/mol. The Balaban J connectivity index is 2.45. The fourth-order valence-corrected chi connectivity index (χ4v) is 2.51. The van der Waals surface area contributed by atoms with Crippen LogP contribution < -0.4 is 5.32 Å². The molecule has 1 N–H and O–H groups in total. The summed E-state index contributed by atoms with van der Waals surface area (Å²) in [4.78, 5) is 23.8. The third-order valence-corrected chi connectivity index (χ3v) is 3.39. The molecule has 0 saturated heterocycles. The molecular weight excluding hydrogens is 278 g/mol. The summed E-state index contributed by atoms with van der Waals surface area (Å²) < 4.78 is 0. The molecule has 0 unspecified atom stereocenters. The first-order valence-electron chi connectivity index (χ1n) is 5.96. The number of nitro groups is 1. The Labute approximate surface area is 120 Å². The van der Waals surface area contributed by atoms with Crippen LogP contribution in [0.3, 0.4) is 0 Å². The number of hydrogen-bond acceptors (Lipinski definition) is 7. The minimum absolute atomic E-state index is 0.0616. The lowest BCUT2D eigenvalue weighted by Gasteiger charge is -2.07. The SMILES string of the molecule is CCNc1nc(C)c([N+](=O)[O-])c(Sc2ccncc2)n1. The van der Waals surface area contributed by atoms with Gasteiger partial charge in [-0.15, -0.1) is 0 Å². The fourth-order valence-electron chi connectivity index (χ4n) is 1.58. The van der Waals surface area contributed by atoms with E-state index in [1.165, 1.54) is 11.8 Å². The van der Waals surface area contributed by atoms with Gasteiger partial charge in [0.25, 0.3) is 0 Å². The highest BCUT2D eigenvalue weighted by Gasteiger charge is 2.22. The van der Waals surface area contributed by atoms with E-state index in [2.05, 4.69) is 20.3 Å². The van der Waals surface area contributed by atoms with Gasteiger partial charge in [0.15, 0.2) is 5.03 Å². The van der Waals surface area contributed by atoms with Crippen LogP contribution >= 0.6 is 11.8 Å². The number of nitrogens with one attached hydrogen (secondary N) is 1. The summed E-state index contributed by atoms with van der Waals surface area (Å²) in [6, 6.07) is 3.55. The van der Waals surface area contributed by atoms with Crippen molar-refractivity contribution in [2.24, 2.45) is 0 Å². The molecule has 0 atom stereocenters. The van der Waals surface area contributed by atoms with Gasteiger partial charge in [-0.3, -0.25) is 15.1 Å². The second-order valence-electron chi connectivity index (χ2n) is 3.86. The maximum Gasteiger partial charge on any atom is 0.322 e. The molecular formula is C12H13N5O2S. The summed E-state index contributed by atoms with van der Waals surface area (Å²) >= 11 is 1.22. The normalized spacial score (nSPS) is 10.3. The zero-order valence-electron chi connectivity index (χ0n) is 11.0. The van der Waals surface area contributed by atoms with Crippen molar-refractivity contribution in [3.8, 4) is 0 Å². The Morgan fingerprint density at radius 3 is 2.65 bits per heavy atom. The molecule has 0 amide bonds. The zero-order valence-corrected chi connectivity index (χ0v) is 11.8. The summed E-state index contributed by atoms with van der Waals surface area (Å²) in [5, 5.41) is 14.5. The van der Waals surface area contributed by atoms with Crippen molar-refractivity contribution in [1.29, 1.82) is 0 Å². The lowest BCUT2D eigenvalue weighted by molar-refractivity contribution is -0.389. The van der Waals surface area contributed by atoms with E-state index < -0.39 is 4.92 Å². The van der Waals surface area contributed by atoms with Crippen molar-refractivity contribution in [1.82, 2.24) is 15.0 Å². The van der Waals surface area contributed by atoms with Gasteiger partial charge in [0.1, 0.15) is 5.69 Å². The maximum absolute atomic E-state index is 11.2. The predicted molar refractivity (Wildman–Crippen MR) is 75.9 cm³/mol. The molecule has 0 aromatic carbocycles. The number of rotatable bonds is 5. The van der Waals surface area contributed by atoms with Crippen molar-refractivity contribution < 1.29 is 4.92 Å². The number of aromatic nitrogens is 3. The molecule has 0 spiro atoms. The highest BCUT2D eigenvalue weighted by Crippen LogP contribution is 2.34. The summed E-state index contributed by atoms with van der Waals surface area (Å²) in [6.07, 6.45) is 3.26. The number of hydrogen-bond donors (Lipinski definition) is 1. The Morgan fingerprint density at radius 2 is 2.05 bits per heavy atom. The smallest absolute Gasteiger partial charge is 0.322 e. The van der Waals surface area contributed by atoms with Gasteiger partial charge in [-0.1, -0.05) is 11.8 Å². The van der Waals surface area contributed by atoms with Crippen LogP contribution in [0.5, 0.6) is 0 Å². The van der Waals surface area contributed by atoms with E-state index in [-0.39, 0.29) is 5.69 Å². The molecule has 0 aliphatic carbocycles. The van der Waals surface area contributed by atoms with Gasteiger partial charge in [0, 0.05) is 23.8 Å². The standard InChI is InChI=1S/C12H13N5O2S/c1-3-14-12-15-8(2)10(17(18)19)11(16-12)20-9-4-6-13-7-5-9/h4-7H,3H2,1-2H3,(H,14,15,16). The highest BCUT2D eigenvalue weighted by atomic mass is 32.2. The quantitative estimate of drug-likeness (QED) is 0.514. The molecule has 104 valence electrons. The molecule has 2 aromatic rings. The zero-order chi connectivity index (χ0) is 14.5. The van der Waals surface area contributed by atoms with E-state index in [1.54, 1.807) is 31.5 Å². The number of aryl methyl sites for hydroxylation is 1. The van der Waals surface area contributed by atoms with Crippen LogP contribution in [0, 0.1) is 17.0 Å². The predicted octanol–water partition coefficient (Wildman–Crippen LogP) is 2.67. The Kier molecular flexibility index (Phi) is 4.46. The van der Waals surface area contributed by atoms with Crippen molar-refractivity contribution in [2.75, 3.05) is 11.9 Å². The van der Waals surface area contributed by atoms with E-state index in [9.17, 15) is 10.1 Å². The third-order valence-electron chi connectivity index (χ3n) is 2.41. The van der Waals surface area contributed by atoms with Crippen molar-refractivity contribution >= 4 is 23.4 Å². The minimum Gasteiger partial charge on any atom is -0.354 e. The molecule has 0 aliphatic rings. The first-order chi connectivity index (χ1) is 9.61. The number of anilines is 1. The largest absolute Gasteiger partial charge is 0.354 e. The molecule has 20 heavy (non-hydrogen) atoms. The van der Waals surface area contributed by atoms with Gasteiger partial charge in [-0.05, 0) is 26.0 Å². The van der Waals surface area contributed by atoms with Gasteiger partial charge < -0.3 is 5.32 Å². The first-order valence-corrected chi connectivity index (χ1v) is 6.78. The van der Waals surface area contributed by atoms with Crippen LogP contribution in [0.25, 0.3) is 0 Å². The van der Waals surface area contributed by atoms with Gasteiger partial charge in [-0.2, -0.15) is 4.98 Å². The van der Waals surface area contributed by atoms with Crippen molar-refractivity contribution in [3.05, 3.63) is 40.3 Å². The van der Waals surface area contributed by atoms with Crippen LogP contribution in [0.2, 0.25) is 0 Å². The molecule has 0 saturated carbocycles. The lowest BCUT2D eigenvalue weighted by atomic mass is 10.4. The summed E-state index contributed by atoms with van der Waals surface area (Å²) in [6.45, 7) is 4.17. The average Bonchev–Trinajstić information content (AvgIpc) is 2.39. The molecule has 2 aromatic heterocycles. The topological polar surface area (TPSA) is 93.8 Å². The first kappa shape index (κ1) is 14.2. The van der Waals surface area contributed by atoms with Crippen molar-refractivity contribution in [2.45, 2.75) is 23.8 Å². The summed E-state index contributed by atoms with van der Waals surface area (Å²) in [7, 11) is 0. The summed E-state index contributed by atoms with van der Waals surface area (Å²) in [5.74, 6) is 0.396. The van der Waals surface area contributed by atoms with Crippen LogP contribution in [0.15, 0.2) is 34.4 Å². The van der Waals surface area contributed by atoms with Gasteiger partial charge in [-0.25, -0.2) is 4.98 Å². The van der Waals surface area contributed by atoms with Crippen LogP contribution in [-0.4, -0.2) is 26.4 Å². The van der Waals surface area contributed by atoms with Crippen LogP contribution in [-0.2, 0) is 0 Å². The Hall–Kier alpha value is -2.22. The van der Waals surface area contributed by atoms with Crippen LogP contribution in [0.4, 0.5) is 11.6 Å². The van der Waals surface area contributed by atoms with E-state index >= 15 is 0 Å². The molecule has 0 aliphatic heterocycles. The minimum atomic E-state index is -0.450. The monoisotopic (exact) mass is 291 g/mol. The molecule has 7 nitrogen and oxygen atoms in total. The van der Waals surface area contributed by atoms with Gasteiger partial charge in [0.2, 0.25) is 5.95 Å². The Morgan fingerprint density at radius 1 is 1.35 bits per heavy atom. The number of pyridine rings is 1. The van der Waals surface area contributed by atoms with E-state index in [4.69, 9.17) is 0 Å². The van der Waals surface area contributed by atoms with E-state index in [0.29, 0.717) is 23.2 Å². The maximum atomic E-state index is 11.2. The van der Waals surface area contributed by atoms with E-state index in [0.717, 1.165) is 4.90 Å². The summed E-state index contributed by atoms with van der Waals surface area (Å²) in [5.41, 5.74) is 0.283. The van der Waals surface area contributed by atoms with E-state index in [1.807, 2.05) is 6.92 Å². The third kappa shape index (κ3) is 3.21. The number of nitrogens with zero attached hydrogens (tertiary/aromatic N) is 4. The van der Waals surface area contributed by atoms with Gasteiger partial charge in [0.05, 0.1) is 4.92 Å². The fraction of sp³-hybridized carbons (Fsp3) is 0.250. The highest BCUT2D eigenvalue weighted by molar-refractivity contribution is 7.99. The van der Waals surface area contributed by atoms with Crippen LogP contribution in [0.1, 0.15) is 12.6 Å². The lowest BCUT2D eigenvalue weighted by Crippen LogP contribution is -2.07. The molecule has 8 heteroatoms. The molecule has 2 heterocycles. The molecule has 0 bridgehead atoms. The molecule has 2 rings (SSSR count).